The molecule has 2 atom stereocenters. The summed E-state index contributed by atoms with van der Waals surface area (Å²) in [4.78, 5) is 25.1. The van der Waals surface area contributed by atoms with Crippen LogP contribution in [-0.4, -0.2) is 24.0 Å². The van der Waals surface area contributed by atoms with E-state index in [0.29, 0.717) is 18.4 Å². The van der Waals surface area contributed by atoms with Crippen LogP contribution < -0.4 is 20.9 Å². The zero-order chi connectivity index (χ0) is 22.2. The highest BCUT2D eigenvalue weighted by atomic mass is 16.6. The van der Waals surface area contributed by atoms with Gasteiger partial charge < -0.3 is 20.9 Å². The molecule has 0 aliphatic carbocycles. The average Bonchev–Trinajstić information content (AvgIpc) is 2.77. The monoisotopic (exact) mass is 418 g/mol. The maximum absolute atomic E-state index is 12.6. The Morgan fingerprint density at radius 1 is 0.710 bits per heavy atom. The number of hydrogen-bond donors (Lipinski definition) is 2. The Balaban J connectivity index is 1.68. The summed E-state index contributed by atoms with van der Waals surface area (Å²) in [5.41, 5.74) is 14.5. The molecule has 0 saturated carbocycles. The predicted molar refractivity (Wildman–Crippen MR) is 119 cm³/mol. The molecule has 0 aromatic heterocycles. The zero-order valence-electron chi connectivity index (χ0n) is 17.4. The van der Waals surface area contributed by atoms with Crippen LogP contribution in [0.15, 0.2) is 78.9 Å². The van der Waals surface area contributed by atoms with E-state index in [1.807, 2.05) is 60.7 Å². The van der Waals surface area contributed by atoms with Crippen molar-refractivity contribution in [2.75, 3.05) is 0 Å². The number of ether oxygens (including phenoxy) is 2. The Hall–Kier alpha value is -3.48. The molecule has 0 amide bonds. The molecule has 3 aromatic rings. The summed E-state index contributed by atoms with van der Waals surface area (Å²) in [5.74, 6) is -0.922. The van der Waals surface area contributed by atoms with Gasteiger partial charge in [0.1, 0.15) is 12.1 Å². The first kappa shape index (κ1) is 22.2. The van der Waals surface area contributed by atoms with Gasteiger partial charge in [0.15, 0.2) is 11.5 Å². The molecule has 3 rings (SSSR count). The lowest BCUT2D eigenvalue weighted by Gasteiger charge is -2.17. The minimum atomic E-state index is -0.856. The maximum Gasteiger partial charge on any atom is 0.328 e. The van der Waals surface area contributed by atoms with E-state index in [0.717, 1.165) is 11.1 Å². The SMILES string of the molecule is Cc1cccc(OC(=O)[C@@H](N)Cc2ccccc2)c1OC(=O)[C@@H](N)Cc1ccccc1. The summed E-state index contributed by atoms with van der Waals surface area (Å²) in [6, 6.07) is 22.2. The van der Waals surface area contributed by atoms with Crippen molar-refractivity contribution in [1.82, 2.24) is 0 Å². The fourth-order valence-electron chi connectivity index (χ4n) is 3.10. The van der Waals surface area contributed by atoms with Crippen LogP contribution in [0.25, 0.3) is 0 Å². The third-order valence-electron chi connectivity index (χ3n) is 4.79. The van der Waals surface area contributed by atoms with Gasteiger partial charge in [0.25, 0.3) is 0 Å². The van der Waals surface area contributed by atoms with Crippen molar-refractivity contribution in [3.63, 3.8) is 0 Å². The van der Waals surface area contributed by atoms with Crippen molar-refractivity contribution in [1.29, 1.82) is 0 Å². The standard InChI is InChI=1S/C25H26N2O4/c1-17-9-8-14-22(30-24(28)20(26)15-18-10-4-2-5-11-18)23(17)31-25(29)21(27)16-19-12-6-3-7-13-19/h2-14,20-21H,15-16,26-27H2,1H3/t20-,21-/m0/s1. The van der Waals surface area contributed by atoms with Gasteiger partial charge >= 0.3 is 11.9 Å². The molecule has 6 nitrogen and oxygen atoms in total. The molecule has 0 aliphatic heterocycles. The highest BCUT2D eigenvalue weighted by Gasteiger charge is 2.23. The van der Waals surface area contributed by atoms with Crippen LogP contribution >= 0.6 is 0 Å². The fraction of sp³-hybridized carbons (Fsp3) is 0.200. The van der Waals surface area contributed by atoms with E-state index in [2.05, 4.69) is 0 Å². The van der Waals surface area contributed by atoms with E-state index in [1.54, 1.807) is 25.1 Å². The van der Waals surface area contributed by atoms with Gasteiger partial charge in [0.05, 0.1) is 0 Å². The molecule has 160 valence electrons. The van der Waals surface area contributed by atoms with Crippen molar-refractivity contribution in [3.8, 4) is 11.5 Å². The number of carbonyl (C=O) groups is 2. The number of para-hydroxylation sites is 1. The lowest BCUT2D eigenvalue weighted by molar-refractivity contribution is -0.138. The molecule has 0 spiro atoms. The fourth-order valence-corrected chi connectivity index (χ4v) is 3.10. The van der Waals surface area contributed by atoms with Gasteiger partial charge in [-0.1, -0.05) is 72.8 Å². The topological polar surface area (TPSA) is 105 Å². The Morgan fingerprint density at radius 2 is 1.19 bits per heavy atom. The lowest BCUT2D eigenvalue weighted by atomic mass is 10.1. The molecule has 0 heterocycles. The molecule has 0 bridgehead atoms. The van der Waals surface area contributed by atoms with E-state index >= 15 is 0 Å². The summed E-state index contributed by atoms with van der Waals surface area (Å²) < 4.78 is 11.0. The van der Waals surface area contributed by atoms with Crippen LogP contribution in [0, 0.1) is 6.92 Å². The lowest BCUT2D eigenvalue weighted by Crippen LogP contribution is -2.37. The summed E-state index contributed by atoms with van der Waals surface area (Å²) in [5, 5.41) is 0. The van der Waals surface area contributed by atoms with Gasteiger partial charge in [-0.25, -0.2) is 9.59 Å². The second-order valence-electron chi connectivity index (χ2n) is 7.34. The van der Waals surface area contributed by atoms with Crippen LogP contribution in [0.2, 0.25) is 0 Å². The van der Waals surface area contributed by atoms with Gasteiger partial charge in [0, 0.05) is 0 Å². The van der Waals surface area contributed by atoms with Gasteiger partial charge in [0.2, 0.25) is 0 Å². The zero-order valence-corrected chi connectivity index (χ0v) is 17.4. The van der Waals surface area contributed by atoms with Crippen molar-refractivity contribution in [3.05, 3.63) is 95.6 Å². The number of nitrogens with two attached hydrogens (primary N) is 2. The van der Waals surface area contributed by atoms with E-state index < -0.39 is 24.0 Å². The summed E-state index contributed by atoms with van der Waals surface area (Å²) in [7, 11) is 0. The second kappa shape index (κ2) is 10.5. The molecule has 31 heavy (non-hydrogen) atoms. The van der Waals surface area contributed by atoms with Crippen LogP contribution in [0.4, 0.5) is 0 Å². The molecule has 0 fully saturated rings. The number of esters is 2. The summed E-state index contributed by atoms with van der Waals surface area (Å²) in [6.45, 7) is 1.76. The first-order valence-corrected chi connectivity index (χ1v) is 10.1. The number of hydrogen-bond acceptors (Lipinski definition) is 6. The molecule has 0 saturated heterocycles. The molecule has 4 N–H and O–H groups in total. The first-order chi connectivity index (χ1) is 14.9. The Labute approximate surface area is 181 Å². The van der Waals surface area contributed by atoms with Crippen molar-refractivity contribution in [2.24, 2.45) is 11.5 Å². The smallest absolute Gasteiger partial charge is 0.328 e. The van der Waals surface area contributed by atoms with Crippen LogP contribution in [0.5, 0.6) is 11.5 Å². The maximum atomic E-state index is 12.6. The molecule has 0 aliphatic rings. The van der Waals surface area contributed by atoms with Crippen LogP contribution in [-0.2, 0) is 22.4 Å². The Bertz CT molecular complexity index is 1020. The van der Waals surface area contributed by atoms with Gasteiger partial charge in [-0.2, -0.15) is 0 Å². The molecule has 3 aromatic carbocycles. The number of aryl methyl sites for hydroxylation is 1. The van der Waals surface area contributed by atoms with Crippen LogP contribution in [0.1, 0.15) is 16.7 Å². The number of carbonyl (C=O) groups excluding carboxylic acids is 2. The van der Waals surface area contributed by atoms with E-state index in [9.17, 15) is 9.59 Å². The highest BCUT2D eigenvalue weighted by molar-refractivity contribution is 5.82. The van der Waals surface area contributed by atoms with Crippen molar-refractivity contribution >= 4 is 11.9 Å². The summed E-state index contributed by atoms with van der Waals surface area (Å²) in [6.07, 6.45) is 0.672. The van der Waals surface area contributed by atoms with Gasteiger partial charge in [-0.3, -0.25) is 0 Å². The molecule has 0 radical (unpaired) electrons. The highest BCUT2D eigenvalue weighted by Crippen LogP contribution is 2.31. The Morgan fingerprint density at radius 3 is 1.71 bits per heavy atom. The minimum absolute atomic E-state index is 0.133. The third-order valence-corrected chi connectivity index (χ3v) is 4.79. The minimum Gasteiger partial charge on any atom is -0.421 e. The third kappa shape index (κ3) is 6.25. The molecular formula is C25H26N2O4. The van der Waals surface area contributed by atoms with Gasteiger partial charge in [-0.15, -0.1) is 0 Å². The Kier molecular flexibility index (Phi) is 7.54. The predicted octanol–water partition coefficient (Wildman–Crippen LogP) is 2.95. The van der Waals surface area contributed by atoms with E-state index in [-0.39, 0.29) is 11.5 Å². The van der Waals surface area contributed by atoms with Crippen molar-refractivity contribution < 1.29 is 19.1 Å². The molecule has 6 heteroatoms. The second-order valence-corrected chi connectivity index (χ2v) is 7.34. The molecule has 0 unspecified atom stereocenters. The van der Waals surface area contributed by atoms with E-state index in [1.165, 1.54) is 0 Å². The normalized spacial score (nSPS) is 12.6. The number of rotatable bonds is 8. The number of benzene rings is 3. The van der Waals surface area contributed by atoms with E-state index in [4.69, 9.17) is 20.9 Å². The largest absolute Gasteiger partial charge is 0.421 e. The van der Waals surface area contributed by atoms with Crippen LogP contribution in [0.3, 0.4) is 0 Å². The van der Waals surface area contributed by atoms with Crippen molar-refractivity contribution in [2.45, 2.75) is 31.8 Å². The van der Waals surface area contributed by atoms with Gasteiger partial charge in [-0.05, 0) is 42.5 Å². The first-order valence-electron chi connectivity index (χ1n) is 10.1. The summed E-state index contributed by atoms with van der Waals surface area (Å²) >= 11 is 0. The molecular weight excluding hydrogens is 392 g/mol. The quantitative estimate of drug-likeness (QED) is 0.430. The average molecular weight is 418 g/mol.